The lowest BCUT2D eigenvalue weighted by molar-refractivity contribution is 0.620. The molecule has 0 bridgehead atoms. The van der Waals surface area contributed by atoms with Crippen LogP contribution in [0.3, 0.4) is 0 Å². The van der Waals surface area contributed by atoms with E-state index in [1.807, 2.05) is 66.7 Å². The summed E-state index contributed by atoms with van der Waals surface area (Å²) in [6, 6.07) is 21.7. The van der Waals surface area contributed by atoms with Gasteiger partial charge in [-0.1, -0.05) is 30.3 Å². The Hall–Kier alpha value is -2.94. The van der Waals surface area contributed by atoms with Crippen LogP contribution in [0.5, 0.6) is 0 Å². The monoisotopic (exact) mass is 272 g/mol. The summed E-state index contributed by atoms with van der Waals surface area (Å²) in [5.41, 5.74) is 4.62. The normalized spacial score (nSPS) is 10.9. The maximum atomic E-state index is 5.81. The molecule has 2 aromatic carbocycles. The van der Waals surface area contributed by atoms with Gasteiger partial charge in [-0.2, -0.15) is 0 Å². The molecule has 4 aromatic rings. The molecule has 0 saturated carbocycles. The third kappa shape index (κ3) is 2.19. The zero-order chi connectivity index (χ0) is 14.1. The highest BCUT2D eigenvalue weighted by molar-refractivity contribution is 5.77. The first-order valence-corrected chi connectivity index (χ1v) is 6.77. The lowest BCUT2D eigenvalue weighted by Crippen LogP contribution is -1.83. The highest BCUT2D eigenvalue weighted by atomic mass is 16.3. The third-order valence-corrected chi connectivity index (χ3v) is 3.36. The molecular formula is C18H12N2O. The second kappa shape index (κ2) is 4.87. The molecule has 0 amide bonds. The van der Waals surface area contributed by atoms with Crippen molar-refractivity contribution in [2.45, 2.75) is 0 Å². The second-order valence-corrected chi connectivity index (χ2v) is 4.78. The van der Waals surface area contributed by atoms with Gasteiger partial charge in [0, 0.05) is 17.3 Å². The van der Waals surface area contributed by atoms with E-state index < -0.39 is 0 Å². The van der Waals surface area contributed by atoms with Gasteiger partial charge in [0.1, 0.15) is 5.52 Å². The number of nitrogens with zero attached hydrogens (tertiary/aromatic N) is 2. The second-order valence-electron chi connectivity index (χ2n) is 4.78. The third-order valence-electron chi connectivity index (χ3n) is 3.36. The molecule has 2 aromatic heterocycles. The van der Waals surface area contributed by atoms with Crippen LogP contribution in [0.25, 0.3) is 33.8 Å². The highest BCUT2D eigenvalue weighted by Crippen LogP contribution is 2.27. The molecule has 0 aliphatic rings. The lowest BCUT2D eigenvalue weighted by Gasteiger charge is -2.02. The predicted molar refractivity (Wildman–Crippen MR) is 82.7 cm³/mol. The molecule has 0 fully saturated rings. The fourth-order valence-electron chi connectivity index (χ4n) is 2.34. The number of hydrogen-bond acceptors (Lipinski definition) is 3. The Morgan fingerprint density at radius 2 is 1.62 bits per heavy atom. The predicted octanol–water partition coefficient (Wildman–Crippen LogP) is 4.56. The van der Waals surface area contributed by atoms with E-state index in [4.69, 9.17) is 4.42 Å². The number of aromatic nitrogens is 2. The zero-order valence-electron chi connectivity index (χ0n) is 11.2. The Kier molecular flexibility index (Phi) is 2.75. The number of fused-ring (bicyclic) bond motifs is 1. The van der Waals surface area contributed by atoms with Gasteiger partial charge in [-0.3, -0.25) is 4.98 Å². The van der Waals surface area contributed by atoms with Gasteiger partial charge < -0.3 is 4.42 Å². The maximum absolute atomic E-state index is 5.81. The minimum Gasteiger partial charge on any atom is -0.436 e. The van der Waals surface area contributed by atoms with Crippen LogP contribution >= 0.6 is 0 Å². The number of pyridine rings is 1. The van der Waals surface area contributed by atoms with Crippen LogP contribution in [0.4, 0.5) is 0 Å². The Balaban J connectivity index is 1.82. The van der Waals surface area contributed by atoms with E-state index in [9.17, 15) is 0 Å². The molecule has 100 valence electrons. The molecule has 3 heteroatoms. The summed E-state index contributed by atoms with van der Waals surface area (Å²) >= 11 is 0. The van der Waals surface area contributed by atoms with Gasteiger partial charge in [-0.25, -0.2) is 4.98 Å². The average Bonchev–Trinajstić information content (AvgIpc) is 3.00. The molecule has 0 unspecified atom stereocenters. The van der Waals surface area contributed by atoms with E-state index in [1.54, 1.807) is 6.20 Å². The lowest BCUT2D eigenvalue weighted by atomic mass is 10.1. The molecule has 0 saturated heterocycles. The van der Waals surface area contributed by atoms with E-state index >= 15 is 0 Å². The molecule has 0 aliphatic heterocycles. The van der Waals surface area contributed by atoms with Crippen molar-refractivity contribution in [1.29, 1.82) is 0 Å². The Bertz CT molecular complexity index is 864. The number of rotatable bonds is 2. The van der Waals surface area contributed by atoms with Crippen LogP contribution < -0.4 is 0 Å². The first kappa shape index (κ1) is 11.9. The van der Waals surface area contributed by atoms with Gasteiger partial charge >= 0.3 is 0 Å². The molecule has 0 atom stereocenters. The molecule has 0 aliphatic carbocycles. The van der Waals surface area contributed by atoms with E-state index in [2.05, 4.69) is 9.97 Å². The summed E-state index contributed by atoms with van der Waals surface area (Å²) in [5.74, 6) is 0.633. The van der Waals surface area contributed by atoms with Crippen molar-refractivity contribution in [3.63, 3.8) is 0 Å². The highest BCUT2D eigenvalue weighted by Gasteiger charge is 2.08. The molecule has 2 heterocycles. The molecule has 3 nitrogen and oxygen atoms in total. The largest absolute Gasteiger partial charge is 0.436 e. The van der Waals surface area contributed by atoms with Crippen molar-refractivity contribution >= 4 is 11.1 Å². The summed E-state index contributed by atoms with van der Waals surface area (Å²) in [7, 11) is 0. The summed E-state index contributed by atoms with van der Waals surface area (Å²) in [5, 5.41) is 0. The van der Waals surface area contributed by atoms with Crippen LogP contribution in [-0.4, -0.2) is 9.97 Å². The molecule has 4 rings (SSSR count). The van der Waals surface area contributed by atoms with Crippen LogP contribution in [0.2, 0.25) is 0 Å². The first-order chi connectivity index (χ1) is 10.4. The van der Waals surface area contributed by atoms with Crippen molar-refractivity contribution in [2.24, 2.45) is 0 Å². The van der Waals surface area contributed by atoms with Gasteiger partial charge in [-0.15, -0.1) is 0 Å². The zero-order valence-corrected chi connectivity index (χ0v) is 11.2. The van der Waals surface area contributed by atoms with Crippen molar-refractivity contribution in [3.05, 3.63) is 72.9 Å². The van der Waals surface area contributed by atoms with Crippen LogP contribution in [0.1, 0.15) is 0 Å². The Morgan fingerprint density at radius 3 is 2.48 bits per heavy atom. The fourth-order valence-corrected chi connectivity index (χ4v) is 2.34. The van der Waals surface area contributed by atoms with Gasteiger partial charge in [0.05, 0.1) is 5.69 Å². The van der Waals surface area contributed by atoms with Crippen molar-refractivity contribution in [2.75, 3.05) is 0 Å². The molecule has 0 spiro atoms. The quantitative estimate of drug-likeness (QED) is 0.537. The Morgan fingerprint density at radius 1 is 0.762 bits per heavy atom. The van der Waals surface area contributed by atoms with E-state index in [0.717, 1.165) is 27.9 Å². The topological polar surface area (TPSA) is 38.9 Å². The molecule has 0 radical (unpaired) electrons. The van der Waals surface area contributed by atoms with Crippen molar-refractivity contribution < 1.29 is 4.42 Å². The van der Waals surface area contributed by atoms with Gasteiger partial charge in [-0.05, 0) is 36.4 Å². The standard InChI is InChI=1S/C18H12N2O/c1-2-10-17-16(9-1)20-18(21-17)14-7-5-6-13(12-14)15-8-3-4-11-19-15/h1-12H. The number of hydrogen-bond donors (Lipinski definition) is 0. The van der Waals surface area contributed by atoms with E-state index in [-0.39, 0.29) is 0 Å². The van der Waals surface area contributed by atoms with Gasteiger partial charge in [0.25, 0.3) is 0 Å². The summed E-state index contributed by atoms with van der Waals surface area (Å²) in [4.78, 5) is 8.91. The summed E-state index contributed by atoms with van der Waals surface area (Å²) < 4.78 is 5.81. The summed E-state index contributed by atoms with van der Waals surface area (Å²) in [6.45, 7) is 0. The van der Waals surface area contributed by atoms with Crippen LogP contribution in [0, 0.1) is 0 Å². The molecule has 0 N–H and O–H groups in total. The minimum atomic E-state index is 0.633. The van der Waals surface area contributed by atoms with Crippen molar-refractivity contribution in [3.8, 4) is 22.7 Å². The SMILES string of the molecule is c1ccc(-c2cccc(-c3nc4ccccc4o3)c2)nc1. The van der Waals surface area contributed by atoms with Crippen molar-refractivity contribution in [1.82, 2.24) is 9.97 Å². The number of benzene rings is 2. The summed E-state index contributed by atoms with van der Waals surface area (Å²) in [6.07, 6.45) is 1.79. The average molecular weight is 272 g/mol. The van der Waals surface area contributed by atoms with E-state index in [0.29, 0.717) is 5.89 Å². The molecular weight excluding hydrogens is 260 g/mol. The minimum absolute atomic E-state index is 0.633. The maximum Gasteiger partial charge on any atom is 0.227 e. The fraction of sp³-hybridized carbons (Fsp3) is 0. The molecule has 21 heavy (non-hydrogen) atoms. The smallest absolute Gasteiger partial charge is 0.227 e. The van der Waals surface area contributed by atoms with Gasteiger partial charge in [0.15, 0.2) is 5.58 Å². The number of para-hydroxylation sites is 2. The van der Waals surface area contributed by atoms with Gasteiger partial charge in [0.2, 0.25) is 5.89 Å². The first-order valence-electron chi connectivity index (χ1n) is 6.77. The van der Waals surface area contributed by atoms with E-state index in [1.165, 1.54) is 0 Å². The van der Waals surface area contributed by atoms with Crippen LogP contribution in [-0.2, 0) is 0 Å². The van der Waals surface area contributed by atoms with Crippen LogP contribution in [0.15, 0.2) is 77.3 Å². The Labute approximate surface area is 121 Å². The number of oxazole rings is 1.